The second-order valence-electron chi connectivity index (χ2n) is 6.25. The van der Waals surface area contributed by atoms with Gasteiger partial charge in [-0.3, -0.25) is 9.79 Å². The smallest absolute Gasteiger partial charge is 0.314 e. The van der Waals surface area contributed by atoms with E-state index in [0.29, 0.717) is 27.6 Å². The molecule has 0 aromatic heterocycles. The standard InChI is InChI=1S/C21H15Cl2FN2O2/c1-11-17(21(27)28-3)18(15-9-8-14(24)10-16(15)23)20(25-2)19(26-11)12-4-6-13(22)7-5-12/h4-10,17-18H,1,3H3. The minimum atomic E-state index is -0.840. The Bertz CT molecular complexity index is 1040. The maximum Gasteiger partial charge on any atom is 0.314 e. The Morgan fingerprint density at radius 3 is 2.46 bits per heavy atom. The first-order valence-corrected chi connectivity index (χ1v) is 9.08. The molecule has 1 aliphatic heterocycles. The number of ether oxygens (including phenoxy) is 1. The van der Waals surface area contributed by atoms with Crippen LogP contribution in [0, 0.1) is 18.3 Å². The number of carbonyl (C=O) groups is 1. The van der Waals surface area contributed by atoms with Crippen LogP contribution in [0.1, 0.15) is 24.0 Å². The van der Waals surface area contributed by atoms with Crippen LogP contribution in [0.5, 0.6) is 0 Å². The SMILES string of the molecule is [C-]#[N+]C1=C(c2ccc(Cl)cc2)N=C(C)C(C(=O)OC)C1c1ccc(F)cc1Cl. The first kappa shape index (κ1) is 20.1. The molecule has 3 rings (SSSR count). The summed E-state index contributed by atoms with van der Waals surface area (Å²) in [6, 6.07) is 10.8. The van der Waals surface area contributed by atoms with Crippen LogP contribution in [0.15, 0.2) is 53.2 Å². The maximum atomic E-state index is 13.6. The molecule has 2 unspecified atom stereocenters. The number of nitrogens with zero attached hydrogens (tertiary/aromatic N) is 2. The van der Waals surface area contributed by atoms with Crippen LogP contribution < -0.4 is 0 Å². The number of methoxy groups -OCH3 is 1. The molecule has 2 atom stereocenters. The lowest BCUT2D eigenvalue weighted by atomic mass is 9.78. The van der Waals surface area contributed by atoms with Gasteiger partial charge in [-0.05, 0) is 42.3 Å². The number of allylic oxidation sites excluding steroid dienone is 1. The summed E-state index contributed by atoms with van der Waals surface area (Å²) in [6.07, 6.45) is 0. The summed E-state index contributed by atoms with van der Waals surface area (Å²) < 4.78 is 18.5. The molecule has 0 spiro atoms. The Morgan fingerprint density at radius 1 is 1.21 bits per heavy atom. The van der Waals surface area contributed by atoms with Crippen molar-refractivity contribution in [3.63, 3.8) is 0 Å². The van der Waals surface area contributed by atoms with Crippen molar-refractivity contribution in [1.82, 2.24) is 0 Å². The number of hydrogen-bond acceptors (Lipinski definition) is 3. The zero-order chi connectivity index (χ0) is 20.4. The van der Waals surface area contributed by atoms with E-state index in [1.54, 1.807) is 31.2 Å². The number of hydrogen-bond donors (Lipinski definition) is 0. The topological polar surface area (TPSA) is 43.0 Å². The highest BCUT2D eigenvalue weighted by atomic mass is 35.5. The number of esters is 1. The lowest BCUT2D eigenvalue weighted by Crippen LogP contribution is -2.33. The van der Waals surface area contributed by atoms with Crippen molar-refractivity contribution in [2.24, 2.45) is 10.9 Å². The van der Waals surface area contributed by atoms with Gasteiger partial charge in [0, 0.05) is 21.7 Å². The Morgan fingerprint density at radius 2 is 1.89 bits per heavy atom. The van der Waals surface area contributed by atoms with E-state index in [0.717, 1.165) is 6.07 Å². The van der Waals surface area contributed by atoms with Crippen molar-refractivity contribution >= 4 is 40.6 Å². The van der Waals surface area contributed by atoms with Crippen LogP contribution >= 0.6 is 23.2 Å². The van der Waals surface area contributed by atoms with Gasteiger partial charge in [0.25, 0.3) is 0 Å². The molecule has 4 nitrogen and oxygen atoms in total. The van der Waals surface area contributed by atoms with Crippen LogP contribution in [0.3, 0.4) is 0 Å². The molecule has 0 amide bonds. The van der Waals surface area contributed by atoms with Crippen LogP contribution in [0.25, 0.3) is 10.5 Å². The largest absolute Gasteiger partial charge is 0.469 e. The molecule has 1 heterocycles. The van der Waals surface area contributed by atoms with Crippen LogP contribution in [-0.2, 0) is 9.53 Å². The van der Waals surface area contributed by atoms with Crippen LogP contribution in [0.4, 0.5) is 4.39 Å². The van der Waals surface area contributed by atoms with Gasteiger partial charge in [-0.15, -0.1) is 0 Å². The fourth-order valence-corrected chi connectivity index (χ4v) is 3.72. The molecule has 2 aromatic carbocycles. The fraction of sp³-hybridized carbons (Fsp3) is 0.190. The van der Waals surface area contributed by atoms with E-state index in [1.807, 2.05) is 0 Å². The Hall–Kier alpha value is -2.68. The molecular formula is C21H15Cl2FN2O2. The zero-order valence-corrected chi connectivity index (χ0v) is 16.6. The summed E-state index contributed by atoms with van der Waals surface area (Å²) in [5, 5.41) is 0.681. The van der Waals surface area contributed by atoms with Gasteiger partial charge in [-0.25, -0.2) is 9.24 Å². The van der Waals surface area contributed by atoms with Crippen molar-refractivity contribution in [3.8, 4) is 0 Å². The average Bonchev–Trinajstić information content (AvgIpc) is 2.67. The molecule has 28 heavy (non-hydrogen) atoms. The second kappa shape index (κ2) is 8.14. The van der Waals surface area contributed by atoms with Gasteiger partial charge in [0.05, 0.1) is 25.3 Å². The van der Waals surface area contributed by atoms with Crippen molar-refractivity contribution in [2.45, 2.75) is 12.8 Å². The third-order valence-electron chi connectivity index (χ3n) is 4.60. The summed E-state index contributed by atoms with van der Waals surface area (Å²) in [4.78, 5) is 20.7. The van der Waals surface area contributed by atoms with E-state index < -0.39 is 23.6 Å². The van der Waals surface area contributed by atoms with E-state index >= 15 is 0 Å². The highest BCUT2D eigenvalue weighted by Gasteiger charge is 2.41. The molecule has 2 aromatic rings. The van der Waals surface area contributed by atoms with E-state index in [4.69, 9.17) is 34.5 Å². The molecule has 7 heteroatoms. The van der Waals surface area contributed by atoms with Crippen molar-refractivity contribution in [2.75, 3.05) is 7.11 Å². The quantitative estimate of drug-likeness (QED) is 0.470. The number of rotatable bonds is 3. The van der Waals surface area contributed by atoms with E-state index in [-0.39, 0.29) is 10.7 Å². The van der Waals surface area contributed by atoms with Crippen LogP contribution in [-0.4, -0.2) is 18.8 Å². The minimum Gasteiger partial charge on any atom is -0.469 e. The number of carbonyl (C=O) groups excluding carboxylic acids is 1. The van der Waals surface area contributed by atoms with Gasteiger partial charge in [0.2, 0.25) is 0 Å². The predicted molar refractivity (Wildman–Crippen MR) is 108 cm³/mol. The molecule has 0 saturated carbocycles. The number of aliphatic imine (C=N–C) groups is 1. The normalized spacial score (nSPS) is 19.1. The molecule has 142 valence electrons. The fourth-order valence-electron chi connectivity index (χ4n) is 3.31. The average molecular weight is 417 g/mol. The maximum absolute atomic E-state index is 13.6. The lowest BCUT2D eigenvalue weighted by Gasteiger charge is -2.30. The monoisotopic (exact) mass is 416 g/mol. The minimum absolute atomic E-state index is 0.130. The molecule has 0 fully saturated rings. The summed E-state index contributed by atoms with van der Waals surface area (Å²) in [5.74, 6) is -2.63. The van der Waals surface area contributed by atoms with Gasteiger partial charge in [-0.1, -0.05) is 41.4 Å². The van der Waals surface area contributed by atoms with Crippen molar-refractivity contribution in [1.29, 1.82) is 0 Å². The molecule has 1 aliphatic rings. The van der Waals surface area contributed by atoms with Gasteiger partial charge < -0.3 is 4.74 Å². The Kier molecular flexibility index (Phi) is 5.83. The van der Waals surface area contributed by atoms with E-state index in [1.165, 1.54) is 19.2 Å². The Balaban J connectivity index is 2.28. The molecule has 0 aliphatic carbocycles. The number of halogens is 3. The second-order valence-corrected chi connectivity index (χ2v) is 7.09. The van der Waals surface area contributed by atoms with E-state index in [9.17, 15) is 9.18 Å². The lowest BCUT2D eigenvalue weighted by molar-refractivity contribution is -0.143. The van der Waals surface area contributed by atoms with Gasteiger partial charge >= 0.3 is 5.97 Å². The molecule has 0 bridgehead atoms. The highest BCUT2D eigenvalue weighted by Crippen LogP contribution is 2.45. The van der Waals surface area contributed by atoms with Gasteiger partial charge in [0.15, 0.2) is 5.70 Å². The Labute approximate surface area is 172 Å². The summed E-state index contributed by atoms with van der Waals surface area (Å²) in [7, 11) is 1.27. The highest BCUT2D eigenvalue weighted by molar-refractivity contribution is 6.31. The number of benzene rings is 2. The third kappa shape index (κ3) is 3.66. The first-order chi connectivity index (χ1) is 13.4. The van der Waals surface area contributed by atoms with Crippen LogP contribution in [0.2, 0.25) is 10.0 Å². The van der Waals surface area contributed by atoms with Crippen molar-refractivity contribution < 1.29 is 13.9 Å². The molecule has 0 saturated heterocycles. The predicted octanol–water partition coefficient (Wildman–Crippen LogP) is 5.77. The summed E-state index contributed by atoms with van der Waals surface area (Å²) in [6.45, 7) is 9.47. The van der Waals surface area contributed by atoms with Gasteiger partial charge in [-0.2, -0.15) is 0 Å². The molecular weight excluding hydrogens is 402 g/mol. The van der Waals surface area contributed by atoms with E-state index in [2.05, 4.69) is 9.84 Å². The zero-order valence-electron chi connectivity index (χ0n) is 15.0. The third-order valence-corrected chi connectivity index (χ3v) is 5.18. The van der Waals surface area contributed by atoms with Gasteiger partial charge in [0.1, 0.15) is 5.82 Å². The summed E-state index contributed by atoms with van der Waals surface area (Å²) >= 11 is 12.3. The first-order valence-electron chi connectivity index (χ1n) is 8.33. The summed E-state index contributed by atoms with van der Waals surface area (Å²) in [5.41, 5.74) is 2.28. The molecule has 0 N–H and O–H groups in total. The molecule has 0 radical (unpaired) electrons. The van der Waals surface area contributed by atoms with Crippen molar-refractivity contribution in [3.05, 3.63) is 86.6 Å².